The molecule has 20 heavy (non-hydrogen) atoms. The van der Waals surface area contributed by atoms with Gasteiger partial charge in [-0.15, -0.1) is 0 Å². The molecule has 0 unspecified atom stereocenters. The molecule has 0 fully saturated rings. The number of phenolic OH excluding ortho intramolecular Hbond substituents is 2. The van der Waals surface area contributed by atoms with Gasteiger partial charge in [-0.05, 0) is 23.8 Å². The molecule has 4 nitrogen and oxygen atoms in total. The molecule has 0 heterocycles. The summed E-state index contributed by atoms with van der Waals surface area (Å²) in [5.74, 6) is -1.06. The van der Waals surface area contributed by atoms with Crippen LogP contribution in [0.2, 0.25) is 0 Å². The third-order valence-electron chi connectivity index (χ3n) is 2.81. The van der Waals surface area contributed by atoms with Crippen LogP contribution in [0.3, 0.4) is 0 Å². The lowest BCUT2D eigenvalue weighted by Crippen LogP contribution is -1.97. The summed E-state index contributed by atoms with van der Waals surface area (Å²) >= 11 is 0. The second-order valence-electron chi connectivity index (χ2n) is 4.12. The van der Waals surface area contributed by atoms with Crippen molar-refractivity contribution >= 4 is 11.9 Å². The number of allylic oxidation sites excluding steroid dienone is 1. The topological polar surface area (TPSA) is 66.8 Å². The van der Waals surface area contributed by atoms with Gasteiger partial charge in [-0.3, -0.25) is 4.79 Å². The van der Waals surface area contributed by atoms with Crippen molar-refractivity contribution in [3.05, 3.63) is 59.7 Å². The highest BCUT2D eigenvalue weighted by atomic mass is 16.5. The number of carbonyl (C=O) groups is 1. The van der Waals surface area contributed by atoms with Crippen molar-refractivity contribution in [2.45, 2.75) is 0 Å². The number of hydrogen-bond acceptors (Lipinski definition) is 4. The molecule has 2 aromatic rings. The highest BCUT2D eigenvalue weighted by molar-refractivity contribution is 6.09. The normalized spacial score (nSPS) is 10.7. The monoisotopic (exact) mass is 270 g/mol. The summed E-state index contributed by atoms with van der Waals surface area (Å²) in [5.41, 5.74) is 0.956. The number of ether oxygens (including phenoxy) is 1. The van der Waals surface area contributed by atoms with E-state index in [1.807, 2.05) is 30.3 Å². The first-order chi connectivity index (χ1) is 9.63. The lowest BCUT2D eigenvalue weighted by atomic mass is 10.1. The molecule has 0 aliphatic rings. The summed E-state index contributed by atoms with van der Waals surface area (Å²) in [6.45, 7) is 0. The average molecular weight is 270 g/mol. The maximum atomic E-state index is 12.0. The molecule has 2 N–H and O–H groups in total. The van der Waals surface area contributed by atoms with Crippen LogP contribution in [0.15, 0.2) is 48.5 Å². The Labute approximate surface area is 116 Å². The van der Waals surface area contributed by atoms with Crippen LogP contribution in [0.5, 0.6) is 17.2 Å². The Kier molecular flexibility index (Phi) is 4.05. The summed E-state index contributed by atoms with van der Waals surface area (Å²) in [6, 6.07) is 12.0. The number of benzene rings is 2. The van der Waals surface area contributed by atoms with Crippen LogP contribution in [0.4, 0.5) is 0 Å². The van der Waals surface area contributed by atoms with Crippen molar-refractivity contribution in [2.75, 3.05) is 7.11 Å². The minimum Gasteiger partial charge on any atom is -0.504 e. The van der Waals surface area contributed by atoms with Crippen molar-refractivity contribution < 1.29 is 19.7 Å². The Hall–Kier alpha value is -2.75. The first-order valence-corrected chi connectivity index (χ1v) is 6.00. The predicted molar refractivity (Wildman–Crippen MR) is 76.1 cm³/mol. The molecule has 2 aromatic carbocycles. The van der Waals surface area contributed by atoms with Crippen molar-refractivity contribution in [3.8, 4) is 17.2 Å². The van der Waals surface area contributed by atoms with E-state index in [1.54, 1.807) is 6.08 Å². The molecule has 0 spiro atoms. The number of rotatable bonds is 4. The zero-order chi connectivity index (χ0) is 14.5. The largest absolute Gasteiger partial charge is 0.504 e. The average Bonchev–Trinajstić information content (AvgIpc) is 2.46. The zero-order valence-electron chi connectivity index (χ0n) is 10.9. The van der Waals surface area contributed by atoms with Gasteiger partial charge in [0.15, 0.2) is 17.3 Å². The van der Waals surface area contributed by atoms with E-state index < -0.39 is 0 Å². The highest BCUT2D eigenvalue weighted by Crippen LogP contribution is 2.38. The van der Waals surface area contributed by atoms with Gasteiger partial charge in [-0.25, -0.2) is 0 Å². The summed E-state index contributed by atoms with van der Waals surface area (Å²) < 4.78 is 4.85. The fraction of sp³-hybridized carbons (Fsp3) is 0.0625. The van der Waals surface area contributed by atoms with E-state index in [0.717, 1.165) is 5.56 Å². The smallest absolute Gasteiger partial charge is 0.203 e. The quantitative estimate of drug-likeness (QED) is 0.662. The lowest BCUT2D eigenvalue weighted by molar-refractivity contribution is 0.104. The molecular formula is C16H14O4. The molecule has 0 saturated carbocycles. The number of carbonyl (C=O) groups excluding carboxylic acids is 1. The Balaban J connectivity index is 2.28. The Morgan fingerprint density at radius 2 is 1.80 bits per heavy atom. The van der Waals surface area contributed by atoms with E-state index in [0.29, 0.717) is 0 Å². The van der Waals surface area contributed by atoms with Crippen molar-refractivity contribution in [2.24, 2.45) is 0 Å². The molecular weight excluding hydrogens is 256 g/mol. The number of aromatic hydroxyl groups is 2. The predicted octanol–water partition coefficient (Wildman–Crippen LogP) is 3.00. The van der Waals surface area contributed by atoms with Gasteiger partial charge in [-0.2, -0.15) is 0 Å². The third kappa shape index (κ3) is 2.80. The van der Waals surface area contributed by atoms with Gasteiger partial charge >= 0.3 is 0 Å². The number of hydrogen-bond donors (Lipinski definition) is 2. The standard InChI is InChI=1S/C16H14O4/c1-20-16-14(18)10-8-12(15(16)19)13(17)9-7-11-5-3-2-4-6-11/h2-10,18-19H,1H3. The van der Waals surface area contributed by atoms with Crippen molar-refractivity contribution in [3.63, 3.8) is 0 Å². The van der Waals surface area contributed by atoms with Crippen LogP contribution in [-0.4, -0.2) is 23.1 Å². The van der Waals surface area contributed by atoms with Crippen LogP contribution < -0.4 is 4.74 Å². The minimum atomic E-state index is -0.371. The van der Waals surface area contributed by atoms with E-state index in [9.17, 15) is 15.0 Å². The molecule has 0 aromatic heterocycles. The lowest BCUT2D eigenvalue weighted by Gasteiger charge is -2.08. The summed E-state index contributed by atoms with van der Waals surface area (Å²) in [4.78, 5) is 12.0. The molecule has 0 amide bonds. The molecule has 0 atom stereocenters. The fourth-order valence-corrected chi connectivity index (χ4v) is 1.79. The summed E-state index contributed by atoms with van der Waals surface area (Å²) in [7, 11) is 1.31. The maximum Gasteiger partial charge on any atom is 0.203 e. The van der Waals surface area contributed by atoms with E-state index in [1.165, 1.54) is 25.3 Å². The molecule has 4 heteroatoms. The number of ketones is 1. The van der Waals surface area contributed by atoms with Crippen LogP contribution in [0.1, 0.15) is 15.9 Å². The molecule has 0 bridgehead atoms. The van der Waals surface area contributed by atoms with Crippen molar-refractivity contribution in [1.29, 1.82) is 0 Å². The van der Waals surface area contributed by atoms with Crippen LogP contribution >= 0.6 is 0 Å². The Morgan fingerprint density at radius 1 is 1.10 bits per heavy atom. The summed E-state index contributed by atoms with van der Waals surface area (Å²) in [5, 5.41) is 19.4. The minimum absolute atomic E-state index is 0.0758. The molecule has 0 aliphatic carbocycles. The zero-order valence-corrected chi connectivity index (χ0v) is 10.9. The molecule has 2 rings (SSSR count). The highest BCUT2D eigenvalue weighted by Gasteiger charge is 2.16. The first kappa shape index (κ1) is 13.7. The fourth-order valence-electron chi connectivity index (χ4n) is 1.79. The van der Waals surface area contributed by atoms with Gasteiger partial charge in [0.1, 0.15) is 0 Å². The second kappa shape index (κ2) is 5.93. The van der Waals surface area contributed by atoms with Gasteiger partial charge in [0.05, 0.1) is 12.7 Å². The van der Waals surface area contributed by atoms with Gasteiger partial charge in [-0.1, -0.05) is 36.4 Å². The third-order valence-corrected chi connectivity index (χ3v) is 2.81. The van der Waals surface area contributed by atoms with Gasteiger partial charge in [0, 0.05) is 0 Å². The van der Waals surface area contributed by atoms with Crippen molar-refractivity contribution in [1.82, 2.24) is 0 Å². The molecule has 0 aliphatic heterocycles. The second-order valence-corrected chi connectivity index (χ2v) is 4.12. The molecule has 0 radical (unpaired) electrons. The van der Waals surface area contributed by atoms with Crippen LogP contribution in [0.25, 0.3) is 6.08 Å². The molecule has 102 valence electrons. The maximum absolute atomic E-state index is 12.0. The van der Waals surface area contributed by atoms with E-state index >= 15 is 0 Å². The summed E-state index contributed by atoms with van der Waals surface area (Å²) in [6.07, 6.45) is 3.02. The van der Waals surface area contributed by atoms with E-state index in [-0.39, 0.29) is 28.6 Å². The number of phenols is 2. The van der Waals surface area contributed by atoms with Gasteiger partial charge < -0.3 is 14.9 Å². The van der Waals surface area contributed by atoms with Crippen LogP contribution in [-0.2, 0) is 0 Å². The SMILES string of the molecule is COc1c(O)ccc(C(=O)C=Cc2ccccc2)c1O. The Morgan fingerprint density at radius 3 is 2.45 bits per heavy atom. The number of methoxy groups -OCH3 is 1. The van der Waals surface area contributed by atoms with E-state index in [2.05, 4.69) is 0 Å². The first-order valence-electron chi connectivity index (χ1n) is 6.00. The van der Waals surface area contributed by atoms with Gasteiger partial charge in [0.25, 0.3) is 0 Å². The molecule has 0 saturated heterocycles. The van der Waals surface area contributed by atoms with Gasteiger partial charge in [0.2, 0.25) is 5.75 Å². The van der Waals surface area contributed by atoms with Crippen LogP contribution in [0, 0.1) is 0 Å². The van der Waals surface area contributed by atoms with E-state index in [4.69, 9.17) is 4.74 Å². The Bertz CT molecular complexity index is 645.